The summed E-state index contributed by atoms with van der Waals surface area (Å²) in [6.07, 6.45) is -0.220. The third-order valence-electron chi connectivity index (χ3n) is 4.32. The van der Waals surface area contributed by atoms with Crippen molar-refractivity contribution in [3.05, 3.63) is 65.7 Å². The van der Waals surface area contributed by atoms with Crippen molar-refractivity contribution in [1.29, 1.82) is 0 Å². The number of aliphatic carboxylic acids is 1. The van der Waals surface area contributed by atoms with E-state index >= 15 is 0 Å². The number of carboxylic acids is 1. The van der Waals surface area contributed by atoms with Crippen LogP contribution in [0.1, 0.15) is 31.4 Å². The second kappa shape index (κ2) is 9.46. The number of methoxy groups -OCH3 is 1. The summed E-state index contributed by atoms with van der Waals surface area (Å²) in [5.41, 5.74) is 0.806. The average Bonchev–Trinajstić information content (AvgIpc) is 2.66. The van der Waals surface area contributed by atoms with Gasteiger partial charge >= 0.3 is 5.97 Å². The Morgan fingerprint density at radius 2 is 1.89 bits per heavy atom. The highest BCUT2D eigenvalue weighted by atomic mass is 32.2. The van der Waals surface area contributed by atoms with E-state index in [2.05, 4.69) is 5.32 Å². The summed E-state index contributed by atoms with van der Waals surface area (Å²) in [5, 5.41) is 12.0. The van der Waals surface area contributed by atoms with E-state index in [1.54, 1.807) is 38.3 Å². The van der Waals surface area contributed by atoms with E-state index < -0.39 is 11.5 Å². The highest BCUT2D eigenvalue weighted by Gasteiger charge is 2.33. The van der Waals surface area contributed by atoms with Gasteiger partial charge in [0.2, 0.25) is 5.91 Å². The van der Waals surface area contributed by atoms with E-state index in [0.717, 1.165) is 5.56 Å². The standard InChI is InChI=1S/C21H25NO4S/c1-15(27-14-16-8-5-4-6-9-16)20(25)22-21(2,13-19(23)24)17-10-7-11-18(12-17)26-3/h4-12,15H,13-14H2,1-3H3,(H,22,25)(H,23,24). The molecule has 0 bridgehead atoms. The number of amides is 1. The van der Waals surface area contributed by atoms with Crippen molar-refractivity contribution < 1.29 is 19.4 Å². The SMILES string of the molecule is COc1cccc(C(C)(CC(=O)O)NC(=O)C(C)SCc2ccccc2)c1. The maximum Gasteiger partial charge on any atom is 0.306 e. The predicted octanol–water partition coefficient (Wildman–Crippen LogP) is 3.82. The van der Waals surface area contributed by atoms with Crippen molar-refractivity contribution in [2.24, 2.45) is 0 Å². The molecule has 5 nitrogen and oxygen atoms in total. The first-order valence-electron chi connectivity index (χ1n) is 8.68. The first-order chi connectivity index (χ1) is 12.8. The number of carboxylic acid groups (broad SMARTS) is 1. The number of thioether (sulfide) groups is 1. The van der Waals surface area contributed by atoms with Crippen LogP contribution in [-0.4, -0.2) is 29.3 Å². The summed E-state index contributed by atoms with van der Waals surface area (Å²) in [5.74, 6) is 0.155. The van der Waals surface area contributed by atoms with Gasteiger partial charge < -0.3 is 15.2 Å². The Labute approximate surface area is 164 Å². The molecule has 6 heteroatoms. The normalized spacial score (nSPS) is 14.0. The van der Waals surface area contributed by atoms with Crippen molar-refractivity contribution >= 4 is 23.6 Å². The molecule has 2 unspecified atom stereocenters. The van der Waals surface area contributed by atoms with Gasteiger partial charge in [0.05, 0.1) is 24.3 Å². The second-order valence-corrected chi connectivity index (χ2v) is 7.89. The monoisotopic (exact) mass is 387 g/mol. The zero-order valence-electron chi connectivity index (χ0n) is 15.8. The zero-order valence-corrected chi connectivity index (χ0v) is 16.6. The van der Waals surface area contributed by atoms with Gasteiger partial charge in [-0.25, -0.2) is 0 Å². The molecular weight excluding hydrogens is 362 g/mol. The lowest BCUT2D eigenvalue weighted by molar-refractivity contribution is -0.139. The Morgan fingerprint density at radius 1 is 1.19 bits per heavy atom. The molecule has 0 saturated heterocycles. The Balaban J connectivity index is 2.11. The molecule has 1 amide bonds. The van der Waals surface area contributed by atoms with Crippen LogP contribution in [0.4, 0.5) is 0 Å². The maximum atomic E-state index is 12.7. The molecule has 0 fully saturated rings. The Morgan fingerprint density at radius 3 is 2.52 bits per heavy atom. The van der Waals surface area contributed by atoms with E-state index in [4.69, 9.17) is 4.74 Å². The van der Waals surface area contributed by atoms with Gasteiger partial charge in [-0.1, -0.05) is 42.5 Å². The van der Waals surface area contributed by atoms with Crippen molar-refractivity contribution in [3.63, 3.8) is 0 Å². The molecule has 0 heterocycles. The maximum absolute atomic E-state index is 12.7. The molecule has 2 atom stereocenters. The highest BCUT2D eigenvalue weighted by Crippen LogP contribution is 2.29. The van der Waals surface area contributed by atoms with E-state index in [-0.39, 0.29) is 17.6 Å². The van der Waals surface area contributed by atoms with Crippen LogP contribution in [0.25, 0.3) is 0 Å². The smallest absolute Gasteiger partial charge is 0.306 e. The molecule has 27 heavy (non-hydrogen) atoms. The van der Waals surface area contributed by atoms with Gasteiger partial charge in [0.25, 0.3) is 0 Å². The van der Waals surface area contributed by atoms with Gasteiger partial charge in [0.1, 0.15) is 5.75 Å². The van der Waals surface area contributed by atoms with Crippen LogP contribution in [0.15, 0.2) is 54.6 Å². The van der Waals surface area contributed by atoms with E-state index in [0.29, 0.717) is 17.1 Å². The Kier molecular flexibility index (Phi) is 7.30. The van der Waals surface area contributed by atoms with Crippen LogP contribution in [0.2, 0.25) is 0 Å². The van der Waals surface area contributed by atoms with E-state index in [9.17, 15) is 14.7 Å². The molecule has 2 aromatic carbocycles. The fourth-order valence-corrected chi connectivity index (χ4v) is 3.58. The summed E-state index contributed by atoms with van der Waals surface area (Å²) in [6, 6.07) is 17.0. The third kappa shape index (κ3) is 6.03. The Bertz CT molecular complexity index is 781. The molecule has 2 N–H and O–H groups in total. The number of hydrogen-bond donors (Lipinski definition) is 2. The van der Waals surface area contributed by atoms with Crippen molar-refractivity contribution in [2.45, 2.75) is 36.8 Å². The van der Waals surface area contributed by atoms with Crippen LogP contribution in [0.5, 0.6) is 5.75 Å². The van der Waals surface area contributed by atoms with Gasteiger partial charge in [-0.2, -0.15) is 0 Å². The summed E-state index contributed by atoms with van der Waals surface area (Å²) in [6.45, 7) is 3.55. The minimum absolute atomic E-state index is 0.192. The van der Waals surface area contributed by atoms with Crippen LogP contribution >= 0.6 is 11.8 Å². The van der Waals surface area contributed by atoms with Crippen LogP contribution < -0.4 is 10.1 Å². The number of rotatable bonds is 9. The first kappa shape index (κ1) is 20.8. The van der Waals surface area contributed by atoms with Gasteiger partial charge in [0, 0.05) is 5.75 Å². The van der Waals surface area contributed by atoms with Crippen LogP contribution in [0.3, 0.4) is 0 Å². The van der Waals surface area contributed by atoms with Gasteiger partial charge in [-0.15, -0.1) is 11.8 Å². The lowest BCUT2D eigenvalue weighted by Gasteiger charge is -2.31. The van der Waals surface area contributed by atoms with Gasteiger partial charge in [0.15, 0.2) is 0 Å². The molecule has 0 spiro atoms. The third-order valence-corrected chi connectivity index (χ3v) is 5.54. The molecule has 0 radical (unpaired) electrons. The lowest BCUT2D eigenvalue weighted by atomic mass is 9.88. The number of nitrogens with one attached hydrogen (secondary N) is 1. The van der Waals surface area contributed by atoms with E-state index in [1.807, 2.05) is 37.3 Å². The molecular formula is C21H25NO4S. The molecule has 144 valence electrons. The number of hydrogen-bond acceptors (Lipinski definition) is 4. The summed E-state index contributed by atoms with van der Waals surface area (Å²) >= 11 is 1.52. The van der Waals surface area contributed by atoms with Crippen LogP contribution in [-0.2, 0) is 20.9 Å². The highest BCUT2D eigenvalue weighted by molar-refractivity contribution is 7.99. The Hall–Kier alpha value is -2.47. The van der Waals surface area contributed by atoms with E-state index in [1.165, 1.54) is 11.8 Å². The molecule has 0 aliphatic rings. The number of benzene rings is 2. The number of ether oxygens (including phenoxy) is 1. The fraction of sp³-hybridized carbons (Fsp3) is 0.333. The van der Waals surface area contributed by atoms with Crippen LogP contribution in [0, 0.1) is 0 Å². The number of carbonyl (C=O) groups excluding carboxylic acids is 1. The van der Waals surface area contributed by atoms with Gasteiger partial charge in [-0.05, 0) is 37.1 Å². The topological polar surface area (TPSA) is 75.6 Å². The fourth-order valence-electron chi connectivity index (χ4n) is 2.73. The summed E-state index contributed by atoms with van der Waals surface area (Å²) < 4.78 is 5.23. The minimum Gasteiger partial charge on any atom is -0.497 e. The largest absolute Gasteiger partial charge is 0.497 e. The average molecular weight is 388 g/mol. The van der Waals surface area contributed by atoms with Crippen molar-refractivity contribution in [2.75, 3.05) is 7.11 Å². The summed E-state index contributed by atoms with van der Waals surface area (Å²) in [4.78, 5) is 24.2. The minimum atomic E-state index is -1.03. The van der Waals surface area contributed by atoms with Gasteiger partial charge in [-0.3, -0.25) is 9.59 Å². The molecule has 2 aromatic rings. The molecule has 0 aliphatic carbocycles. The summed E-state index contributed by atoms with van der Waals surface area (Å²) in [7, 11) is 1.55. The number of carbonyl (C=O) groups is 2. The molecule has 0 saturated carbocycles. The van der Waals surface area contributed by atoms with Crippen molar-refractivity contribution in [3.8, 4) is 5.75 Å². The van der Waals surface area contributed by atoms with Crippen molar-refractivity contribution in [1.82, 2.24) is 5.32 Å². The zero-order chi connectivity index (χ0) is 19.9. The molecule has 0 aliphatic heterocycles. The second-order valence-electron chi connectivity index (χ2n) is 6.56. The molecule has 2 rings (SSSR count). The quantitative estimate of drug-likeness (QED) is 0.684. The first-order valence-corrected chi connectivity index (χ1v) is 9.73. The predicted molar refractivity (Wildman–Crippen MR) is 108 cm³/mol. The lowest BCUT2D eigenvalue weighted by Crippen LogP contribution is -2.47. The molecule has 0 aromatic heterocycles.